The highest BCUT2D eigenvalue weighted by atomic mass is 32.2. The Morgan fingerprint density at radius 1 is 1.32 bits per heavy atom. The minimum absolute atomic E-state index is 0.177. The summed E-state index contributed by atoms with van der Waals surface area (Å²) in [6.45, 7) is 8.22. The predicted molar refractivity (Wildman–Crippen MR) is 81.5 cm³/mol. The van der Waals surface area contributed by atoms with Gasteiger partial charge in [0.25, 0.3) is 0 Å². The van der Waals surface area contributed by atoms with Gasteiger partial charge in [0.05, 0.1) is 12.7 Å². The number of hydrogen-bond donors (Lipinski definition) is 3. The molecule has 4 heteroatoms. The molecule has 0 fully saturated rings. The van der Waals surface area contributed by atoms with Crippen LogP contribution in [0.1, 0.15) is 25.0 Å². The molecule has 0 radical (unpaired) electrons. The molecule has 0 heterocycles. The Morgan fingerprint density at radius 3 is 2.63 bits per heavy atom. The maximum absolute atomic E-state index is 9.35. The van der Waals surface area contributed by atoms with Crippen molar-refractivity contribution in [3.63, 3.8) is 0 Å². The van der Waals surface area contributed by atoms with Crippen molar-refractivity contribution in [1.29, 1.82) is 0 Å². The fourth-order valence-electron chi connectivity index (χ4n) is 1.73. The monoisotopic (exact) mass is 283 g/mol. The number of benzene rings is 1. The fraction of sp³-hybridized carbons (Fsp3) is 0.600. The van der Waals surface area contributed by atoms with Gasteiger partial charge in [0.2, 0.25) is 0 Å². The zero-order valence-corrected chi connectivity index (χ0v) is 12.8. The molecular weight excluding hydrogens is 258 g/mol. The summed E-state index contributed by atoms with van der Waals surface area (Å²) in [6.07, 6.45) is -0.642. The number of aliphatic hydroxyl groups excluding tert-OH is 2. The molecule has 0 aliphatic carbocycles. The van der Waals surface area contributed by atoms with Gasteiger partial charge in [-0.25, -0.2) is 0 Å². The van der Waals surface area contributed by atoms with Crippen molar-refractivity contribution in [2.75, 3.05) is 18.9 Å². The summed E-state index contributed by atoms with van der Waals surface area (Å²) in [5.74, 6) is 1.19. The summed E-state index contributed by atoms with van der Waals surface area (Å²) in [4.78, 5) is 1.17. The molecule has 19 heavy (non-hydrogen) atoms. The van der Waals surface area contributed by atoms with Crippen LogP contribution in [0.2, 0.25) is 0 Å². The van der Waals surface area contributed by atoms with Crippen LogP contribution >= 0.6 is 11.8 Å². The fourth-order valence-corrected chi connectivity index (χ4v) is 2.66. The van der Waals surface area contributed by atoms with Crippen molar-refractivity contribution in [1.82, 2.24) is 5.32 Å². The summed E-state index contributed by atoms with van der Waals surface area (Å²) in [7, 11) is 0. The van der Waals surface area contributed by atoms with Crippen LogP contribution in [-0.4, -0.2) is 35.2 Å². The van der Waals surface area contributed by atoms with Crippen molar-refractivity contribution in [2.24, 2.45) is 5.92 Å². The van der Waals surface area contributed by atoms with Gasteiger partial charge in [-0.3, -0.25) is 0 Å². The van der Waals surface area contributed by atoms with E-state index in [2.05, 4.69) is 44.3 Å². The minimum atomic E-state index is -0.642. The highest BCUT2D eigenvalue weighted by Gasteiger charge is 2.06. The van der Waals surface area contributed by atoms with E-state index < -0.39 is 6.10 Å². The highest BCUT2D eigenvalue weighted by Crippen LogP contribution is 2.24. The van der Waals surface area contributed by atoms with E-state index in [0.29, 0.717) is 11.7 Å². The molecule has 0 amide bonds. The minimum Gasteiger partial charge on any atom is -0.394 e. The summed E-state index contributed by atoms with van der Waals surface area (Å²) >= 11 is 1.59. The lowest BCUT2D eigenvalue weighted by atomic mass is 10.1. The van der Waals surface area contributed by atoms with Crippen molar-refractivity contribution in [3.05, 3.63) is 29.3 Å². The van der Waals surface area contributed by atoms with E-state index in [-0.39, 0.29) is 6.61 Å². The zero-order valence-electron chi connectivity index (χ0n) is 12.0. The Labute approximate surface area is 120 Å². The third kappa shape index (κ3) is 6.43. The lowest BCUT2D eigenvalue weighted by Crippen LogP contribution is -2.19. The molecule has 0 saturated carbocycles. The Bertz CT molecular complexity index is 382. The van der Waals surface area contributed by atoms with Gasteiger partial charge in [0, 0.05) is 17.2 Å². The van der Waals surface area contributed by atoms with Gasteiger partial charge in [-0.1, -0.05) is 26.0 Å². The maximum Gasteiger partial charge on any atom is 0.0864 e. The van der Waals surface area contributed by atoms with E-state index in [4.69, 9.17) is 5.11 Å². The molecule has 0 aliphatic rings. The second kappa shape index (κ2) is 8.59. The van der Waals surface area contributed by atoms with E-state index >= 15 is 0 Å². The van der Waals surface area contributed by atoms with E-state index in [0.717, 1.165) is 13.1 Å². The first-order chi connectivity index (χ1) is 9.02. The lowest BCUT2D eigenvalue weighted by molar-refractivity contribution is 0.113. The van der Waals surface area contributed by atoms with E-state index in [9.17, 15) is 5.11 Å². The van der Waals surface area contributed by atoms with Gasteiger partial charge >= 0.3 is 0 Å². The molecule has 0 bridgehead atoms. The van der Waals surface area contributed by atoms with Crippen LogP contribution in [0.3, 0.4) is 0 Å². The Balaban J connectivity index is 2.49. The quantitative estimate of drug-likeness (QED) is 0.640. The summed E-state index contributed by atoms with van der Waals surface area (Å²) in [6, 6.07) is 6.39. The Hall–Kier alpha value is -0.550. The third-order valence-corrected chi connectivity index (χ3v) is 4.08. The standard InChI is InChI=1S/C15H25NO2S/c1-11(2)7-16-8-13-4-5-15(12(3)6-13)19-10-14(18)9-17/h4-6,11,14,16-18H,7-10H2,1-3H3. The summed E-state index contributed by atoms with van der Waals surface area (Å²) in [5, 5.41) is 21.6. The molecule has 1 rings (SSSR count). The van der Waals surface area contributed by atoms with Crippen LogP contribution in [0.15, 0.2) is 23.1 Å². The first kappa shape index (κ1) is 16.5. The van der Waals surface area contributed by atoms with Crippen molar-refractivity contribution in [3.8, 4) is 0 Å². The van der Waals surface area contributed by atoms with Gasteiger partial charge in [0.1, 0.15) is 0 Å². The molecule has 1 unspecified atom stereocenters. The average Bonchev–Trinajstić information content (AvgIpc) is 2.37. The van der Waals surface area contributed by atoms with Crippen LogP contribution in [0.5, 0.6) is 0 Å². The molecule has 3 nitrogen and oxygen atoms in total. The maximum atomic E-state index is 9.35. The van der Waals surface area contributed by atoms with E-state index in [1.54, 1.807) is 11.8 Å². The third-order valence-electron chi connectivity index (χ3n) is 2.76. The molecule has 1 atom stereocenters. The number of aryl methyl sites for hydroxylation is 1. The van der Waals surface area contributed by atoms with Gasteiger partial charge in [-0.2, -0.15) is 0 Å². The van der Waals surface area contributed by atoms with Gasteiger partial charge in [-0.05, 0) is 36.6 Å². The largest absolute Gasteiger partial charge is 0.394 e. The normalized spacial score (nSPS) is 12.9. The SMILES string of the molecule is Cc1cc(CNCC(C)C)ccc1SCC(O)CO. The molecule has 0 spiro atoms. The molecule has 108 valence electrons. The second-order valence-electron chi connectivity index (χ2n) is 5.27. The first-order valence-corrected chi connectivity index (χ1v) is 7.73. The van der Waals surface area contributed by atoms with Gasteiger partial charge in [0.15, 0.2) is 0 Å². The Morgan fingerprint density at radius 2 is 2.05 bits per heavy atom. The van der Waals surface area contributed by atoms with Crippen LogP contribution in [0.4, 0.5) is 0 Å². The first-order valence-electron chi connectivity index (χ1n) is 6.75. The van der Waals surface area contributed by atoms with Gasteiger partial charge < -0.3 is 15.5 Å². The predicted octanol–water partition coefficient (Wildman–Crippen LogP) is 2.19. The summed E-state index contributed by atoms with van der Waals surface area (Å²) < 4.78 is 0. The number of aliphatic hydroxyl groups is 2. The molecule has 1 aromatic rings. The van der Waals surface area contributed by atoms with Crippen LogP contribution in [0, 0.1) is 12.8 Å². The molecular formula is C15H25NO2S. The van der Waals surface area contributed by atoms with Crippen LogP contribution in [-0.2, 0) is 6.54 Å². The van der Waals surface area contributed by atoms with Crippen LogP contribution in [0.25, 0.3) is 0 Å². The summed E-state index contributed by atoms with van der Waals surface area (Å²) in [5.41, 5.74) is 2.50. The number of nitrogens with one attached hydrogen (secondary N) is 1. The number of hydrogen-bond acceptors (Lipinski definition) is 4. The molecule has 0 saturated heterocycles. The molecule has 0 aliphatic heterocycles. The lowest BCUT2D eigenvalue weighted by Gasteiger charge is -2.11. The van der Waals surface area contributed by atoms with Crippen LogP contribution < -0.4 is 5.32 Å². The molecule has 1 aromatic carbocycles. The second-order valence-corrected chi connectivity index (χ2v) is 6.33. The highest BCUT2D eigenvalue weighted by molar-refractivity contribution is 7.99. The van der Waals surface area contributed by atoms with Crippen molar-refractivity contribution in [2.45, 2.75) is 38.3 Å². The van der Waals surface area contributed by atoms with Gasteiger partial charge in [-0.15, -0.1) is 11.8 Å². The molecule has 0 aromatic heterocycles. The van der Waals surface area contributed by atoms with E-state index in [1.165, 1.54) is 16.0 Å². The smallest absolute Gasteiger partial charge is 0.0864 e. The average molecular weight is 283 g/mol. The van der Waals surface area contributed by atoms with Crippen molar-refractivity contribution >= 4 is 11.8 Å². The zero-order chi connectivity index (χ0) is 14.3. The van der Waals surface area contributed by atoms with Crippen molar-refractivity contribution < 1.29 is 10.2 Å². The number of rotatable bonds is 8. The van der Waals surface area contributed by atoms with E-state index in [1.807, 2.05) is 0 Å². The Kier molecular flexibility index (Phi) is 7.46. The topological polar surface area (TPSA) is 52.5 Å². The molecule has 3 N–H and O–H groups in total. The number of thioether (sulfide) groups is 1.